The number of pyridine rings is 1. The third-order valence-electron chi connectivity index (χ3n) is 7.49. The van der Waals surface area contributed by atoms with Gasteiger partial charge in [0.25, 0.3) is 0 Å². The third-order valence-corrected chi connectivity index (χ3v) is 9.39. The minimum absolute atomic E-state index is 0.0972. The van der Waals surface area contributed by atoms with Crippen LogP contribution in [0.2, 0.25) is 0 Å². The number of amides is 1. The predicted octanol–water partition coefficient (Wildman–Crippen LogP) is 5.89. The van der Waals surface area contributed by atoms with Crippen molar-refractivity contribution in [1.29, 1.82) is 0 Å². The summed E-state index contributed by atoms with van der Waals surface area (Å²) in [4.78, 5) is 26.4. The molecule has 1 saturated heterocycles. The molecule has 5 rings (SSSR count). The highest BCUT2D eigenvalue weighted by atomic mass is 32.2. The van der Waals surface area contributed by atoms with Crippen LogP contribution in [0.5, 0.6) is 11.6 Å². The van der Waals surface area contributed by atoms with Crippen molar-refractivity contribution in [3.8, 4) is 22.9 Å². The van der Waals surface area contributed by atoms with Crippen molar-refractivity contribution in [2.45, 2.75) is 51.3 Å². The fraction of sp³-hybridized carbons (Fsp3) is 0.333. The Morgan fingerprint density at radius 1 is 1.12 bits per heavy atom. The van der Waals surface area contributed by atoms with E-state index in [4.69, 9.17) is 4.74 Å². The number of likely N-dealkylation sites (tertiary alicyclic amines) is 1. The Bertz CT molecular complexity index is 1710. The Balaban J connectivity index is 1.45. The molecule has 2 aromatic heterocycles. The number of anilines is 2. The molecule has 12 heteroatoms. The molecule has 1 unspecified atom stereocenters. The zero-order valence-corrected chi connectivity index (χ0v) is 24.6. The molecule has 11 nitrogen and oxygen atoms in total. The molecule has 42 heavy (non-hydrogen) atoms. The largest absolute Gasteiger partial charge is 0.465 e. The predicted molar refractivity (Wildman–Crippen MR) is 163 cm³/mol. The van der Waals surface area contributed by atoms with Gasteiger partial charge in [0.15, 0.2) is 0 Å². The fourth-order valence-electron chi connectivity index (χ4n) is 4.93. The van der Waals surface area contributed by atoms with Crippen LogP contribution < -0.4 is 14.8 Å². The van der Waals surface area contributed by atoms with Crippen molar-refractivity contribution in [2.24, 2.45) is 0 Å². The number of ether oxygens (including phenoxy) is 1. The quantitative estimate of drug-likeness (QED) is 0.217. The fourth-order valence-corrected chi connectivity index (χ4v) is 6.05. The molecule has 2 atom stereocenters. The maximum atomic E-state index is 12.8. The second-order valence-corrected chi connectivity index (χ2v) is 12.5. The van der Waals surface area contributed by atoms with Crippen molar-refractivity contribution >= 4 is 38.5 Å². The van der Waals surface area contributed by atoms with E-state index < -0.39 is 21.4 Å². The maximum Gasteiger partial charge on any atom is 0.407 e. The molecule has 1 aliphatic rings. The molecule has 1 fully saturated rings. The summed E-state index contributed by atoms with van der Waals surface area (Å²) in [5.41, 5.74) is 2.56. The van der Waals surface area contributed by atoms with Crippen LogP contribution in [-0.4, -0.2) is 63.9 Å². The summed E-state index contributed by atoms with van der Waals surface area (Å²) in [6.07, 6.45) is 4.41. The van der Waals surface area contributed by atoms with E-state index >= 15 is 0 Å². The topological polar surface area (TPSA) is 147 Å². The number of nitrogens with one attached hydrogen (secondary N) is 2. The van der Waals surface area contributed by atoms with Gasteiger partial charge in [0.1, 0.15) is 5.75 Å². The average molecular weight is 591 g/mol. The standard InChI is InChI=1S/C30H34N6O5S/c1-4-20(3)42(39,40)35-26-11-5-9-23-22(26)13-12-19(2)27(23)41-28-24(10-6-15-31-28)25-14-16-32-29(34-25)33-21-8-7-17-36(18-21)30(37)38/h5-6,9-16,20-21,35H,4,7-8,17-18H2,1-3H3,(H,37,38)(H,32,33,34)/t20?,21-/m0/s1. The molecule has 0 aliphatic carbocycles. The normalized spacial score (nSPS) is 16.2. The molecule has 3 heterocycles. The second kappa shape index (κ2) is 12.2. The number of sulfonamides is 1. The Hall–Kier alpha value is -4.45. The van der Waals surface area contributed by atoms with E-state index in [-0.39, 0.29) is 6.04 Å². The van der Waals surface area contributed by atoms with Gasteiger partial charge >= 0.3 is 6.09 Å². The molecule has 2 aromatic carbocycles. The molecule has 0 radical (unpaired) electrons. The number of hydrogen-bond donors (Lipinski definition) is 3. The van der Waals surface area contributed by atoms with Gasteiger partial charge in [-0.3, -0.25) is 4.72 Å². The van der Waals surface area contributed by atoms with Gasteiger partial charge in [-0.25, -0.2) is 28.2 Å². The number of rotatable bonds is 9. The van der Waals surface area contributed by atoms with E-state index in [0.717, 1.165) is 23.8 Å². The number of benzene rings is 2. The lowest BCUT2D eigenvalue weighted by molar-refractivity contribution is 0.132. The van der Waals surface area contributed by atoms with Gasteiger partial charge in [-0.1, -0.05) is 31.2 Å². The molecular formula is C30H34N6O5S. The van der Waals surface area contributed by atoms with E-state index in [1.807, 2.05) is 38.1 Å². The summed E-state index contributed by atoms with van der Waals surface area (Å²) in [5.74, 6) is 1.28. The van der Waals surface area contributed by atoms with Gasteiger partial charge < -0.3 is 20.1 Å². The molecule has 1 amide bonds. The summed E-state index contributed by atoms with van der Waals surface area (Å²) in [6, 6.07) is 14.5. The van der Waals surface area contributed by atoms with Crippen molar-refractivity contribution < 1.29 is 23.1 Å². The van der Waals surface area contributed by atoms with Crippen LogP contribution in [0.25, 0.3) is 22.0 Å². The molecule has 0 saturated carbocycles. The lowest BCUT2D eigenvalue weighted by Gasteiger charge is -2.31. The van der Waals surface area contributed by atoms with E-state index in [9.17, 15) is 18.3 Å². The molecule has 0 bridgehead atoms. The number of aromatic nitrogens is 3. The van der Waals surface area contributed by atoms with E-state index in [1.165, 1.54) is 4.90 Å². The Morgan fingerprint density at radius 3 is 2.74 bits per heavy atom. The van der Waals surface area contributed by atoms with Gasteiger partial charge in [-0.05, 0) is 62.9 Å². The molecular weight excluding hydrogens is 556 g/mol. The summed E-state index contributed by atoms with van der Waals surface area (Å²) in [5, 5.41) is 13.5. The number of piperidine rings is 1. The third kappa shape index (κ3) is 6.23. The minimum atomic E-state index is -3.56. The van der Waals surface area contributed by atoms with Crippen LogP contribution in [0.3, 0.4) is 0 Å². The zero-order chi connectivity index (χ0) is 29.9. The molecule has 4 aromatic rings. The number of carbonyl (C=O) groups is 1. The van der Waals surface area contributed by atoms with Gasteiger partial charge in [0, 0.05) is 42.3 Å². The van der Waals surface area contributed by atoms with Crippen LogP contribution in [0.15, 0.2) is 60.9 Å². The lowest BCUT2D eigenvalue weighted by atomic mass is 10.0. The lowest BCUT2D eigenvalue weighted by Crippen LogP contribution is -2.44. The number of fused-ring (bicyclic) bond motifs is 1. The first-order valence-electron chi connectivity index (χ1n) is 13.9. The Kier molecular flexibility index (Phi) is 8.44. The van der Waals surface area contributed by atoms with Crippen LogP contribution in [0, 0.1) is 6.92 Å². The van der Waals surface area contributed by atoms with Crippen LogP contribution in [0.1, 0.15) is 38.7 Å². The van der Waals surface area contributed by atoms with Crippen molar-refractivity contribution in [3.63, 3.8) is 0 Å². The van der Waals surface area contributed by atoms with E-state index in [1.54, 1.807) is 43.6 Å². The first-order chi connectivity index (χ1) is 20.2. The summed E-state index contributed by atoms with van der Waals surface area (Å²) >= 11 is 0. The second-order valence-electron chi connectivity index (χ2n) is 10.4. The van der Waals surface area contributed by atoms with Gasteiger partial charge in [0.05, 0.1) is 22.2 Å². The Labute approximate surface area is 245 Å². The highest BCUT2D eigenvalue weighted by Crippen LogP contribution is 2.39. The molecule has 3 N–H and O–H groups in total. The first kappa shape index (κ1) is 29.1. The number of aryl methyl sites for hydroxylation is 1. The van der Waals surface area contributed by atoms with Gasteiger partial charge in [-0.15, -0.1) is 0 Å². The summed E-state index contributed by atoms with van der Waals surface area (Å²) in [6.45, 7) is 6.32. The zero-order valence-electron chi connectivity index (χ0n) is 23.7. The van der Waals surface area contributed by atoms with Crippen molar-refractivity contribution in [2.75, 3.05) is 23.1 Å². The average Bonchev–Trinajstić information content (AvgIpc) is 2.98. The summed E-state index contributed by atoms with van der Waals surface area (Å²) in [7, 11) is -3.56. The summed E-state index contributed by atoms with van der Waals surface area (Å²) < 4.78 is 34.8. The van der Waals surface area contributed by atoms with E-state index in [2.05, 4.69) is 25.0 Å². The number of hydrogen-bond acceptors (Lipinski definition) is 8. The number of carboxylic acid groups (broad SMARTS) is 1. The maximum absolute atomic E-state index is 12.8. The van der Waals surface area contributed by atoms with Gasteiger partial charge in [-0.2, -0.15) is 0 Å². The Morgan fingerprint density at radius 2 is 1.95 bits per heavy atom. The number of nitrogens with zero attached hydrogens (tertiary/aromatic N) is 4. The van der Waals surface area contributed by atoms with E-state index in [0.29, 0.717) is 59.4 Å². The minimum Gasteiger partial charge on any atom is -0.465 e. The van der Waals surface area contributed by atoms with Crippen molar-refractivity contribution in [3.05, 3.63) is 66.5 Å². The van der Waals surface area contributed by atoms with Crippen LogP contribution in [0.4, 0.5) is 16.4 Å². The molecule has 220 valence electrons. The SMILES string of the molecule is CCC(C)S(=O)(=O)Nc1cccc2c(Oc3ncccc3-c3ccnc(N[C@H]4CCCN(C(=O)O)C4)n3)c(C)ccc12. The first-order valence-corrected chi connectivity index (χ1v) is 15.5. The molecule has 0 spiro atoms. The van der Waals surface area contributed by atoms with Crippen molar-refractivity contribution in [1.82, 2.24) is 19.9 Å². The highest BCUT2D eigenvalue weighted by molar-refractivity contribution is 7.93. The highest BCUT2D eigenvalue weighted by Gasteiger charge is 2.24. The smallest absolute Gasteiger partial charge is 0.407 e. The van der Waals surface area contributed by atoms with Crippen LogP contribution >= 0.6 is 0 Å². The monoisotopic (exact) mass is 590 g/mol. The van der Waals surface area contributed by atoms with Crippen LogP contribution in [-0.2, 0) is 10.0 Å². The van der Waals surface area contributed by atoms with Gasteiger partial charge in [0.2, 0.25) is 21.9 Å². The molecule has 1 aliphatic heterocycles.